The molecule has 0 aliphatic carbocycles. The van der Waals surface area contributed by atoms with E-state index in [9.17, 15) is 14.5 Å². The number of aromatic nitrogens is 2. The number of alkyl halides is 1. The summed E-state index contributed by atoms with van der Waals surface area (Å²) in [5.41, 5.74) is 1.48. The van der Waals surface area contributed by atoms with Gasteiger partial charge in [0.1, 0.15) is 11.6 Å². The first-order valence-corrected chi connectivity index (χ1v) is 8.96. The van der Waals surface area contributed by atoms with Gasteiger partial charge in [-0.05, 0) is 18.4 Å². The molecular weight excluding hydrogens is 352 g/mol. The molecule has 1 heterocycles. The van der Waals surface area contributed by atoms with Crippen LogP contribution in [0.2, 0.25) is 0 Å². The predicted molar refractivity (Wildman–Crippen MR) is 87.1 cm³/mol. The summed E-state index contributed by atoms with van der Waals surface area (Å²) >= 11 is 8.17. The molecule has 122 valence electrons. The van der Waals surface area contributed by atoms with Crippen molar-refractivity contribution < 1.29 is 9.59 Å². The third-order valence-electron chi connectivity index (χ3n) is 2.44. The van der Waals surface area contributed by atoms with E-state index in [4.69, 9.17) is 11.6 Å². The number of nitrogens with zero attached hydrogens (tertiary/aromatic N) is 4. The van der Waals surface area contributed by atoms with Gasteiger partial charge in [0.15, 0.2) is 0 Å². The number of amides is 3. The monoisotopic (exact) mass is 366 g/mol. The topological polar surface area (TPSA) is 117 Å². The molecule has 3 amide bonds. The van der Waals surface area contributed by atoms with Crippen LogP contribution in [0.25, 0.3) is 0 Å². The van der Waals surface area contributed by atoms with Gasteiger partial charge in [0, 0.05) is 5.88 Å². The molecule has 12 heteroatoms. The molecule has 0 radical (unpaired) electrons. The molecule has 2 N–H and O–H groups in total. The van der Waals surface area contributed by atoms with Gasteiger partial charge in [-0.3, -0.25) is 10.1 Å². The van der Waals surface area contributed by atoms with Crippen molar-refractivity contribution in [3.8, 4) is 0 Å². The third-order valence-corrected chi connectivity index (χ3v) is 3.86. The van der Waals surface area contributed by atoms with Gasteiger partial charge in [-0.1, -0.05) is 11.3 Å². The number of nitrogens with one attached hydrogen (secondary N) is 2. The largest absolute Gasteiger partial charge is 0.341 e. The number of hydrogen-bond acceptors (Lipinski definition) is 8. The van der Waals surface area contributed by atoms with E-state index < -0.39 is 18.0 Å². The molecule has 0 aliphatic rings. The summed E-state index contributed by atoms with van der Waals surface area (Å²) in [6.07, 6.45) is 2.28. The van der Waals surface area contributed by atoms with E-state index >= 15 is 0 Å². The fourth-order valence-corrected chi connectivity index (χ4v) is 2.49. The van der Waals surface area contributed by atoms with E-state index in [2.05, 4.69) is 26.1 Å². The minimum Gasteiger partial charge on any atom is -0.325 e. The molecule has 0 unspecified atom stereocenters. The van der Waals surface area contributed by atoms with Crippen LogP contribution >= 0.6 is 34.7 Å². The summed E-state index contributed by atoms with van der Waals surface area (Å²) in [6, 6.07) is -1.59. The normalized spacial score (nSPS) is 11.5. The first-order valence-electron chi connectivity index (χ1n) is 6.15. The zero-order chi connectivity index (χ0) is 16.4. The molecule has 0 saturated heterocycles. The van der Waals surface area contributed by atoms with Gasteiger partial charge in [0.25, 0.3) is 0 Å². The Morgan fingerprint density at radius 3 is 2.91 bits per heavy atom. The number of carbonyl (C=O) groups excluding carboxylic acids is 2. The molecule has 0 fully saturated rings. The lowest BCUT2D eigenvalue weighted by Crippen LogP contribution is -2.48. The average molecular weight is 367 g/mol. The maximum Gasteiger partial charge on any atom is 0.341 e. The van der Waals surface area contributed by atoms with Crippen LogP contribution in [-0.2, 0) is 4.79 Å². The number of thioether (sulfide) groups is 1. The average Bonchev–Trinajstić information content (AvgIpc) is 3.01. The third kappa shape index (κ3) is 6.12. The van der Waals surface area contributed by atoms with Gasteiger partial charge in [-0.25, -0.2) is 4.79 Å². The summed E-state index contributed by atoms with van der Waals surface area (Å²) in [6.45, 7) is -0.0375. The van der Waals surface area contributed by atoms with E-state index in [0.717, 1.165) is 11.3 Å². The van der Waals surface area contributed by atoms with E-state index in [-0.39, 0.29) is 12.4 Å². The van der Waals surface area contributed by atoms with Gasteiger partial charge in [0.2, 0.25) is 11.0 Å². The number of rotatable bonds is 9. The molecule has 0 spiro atoms. The van der Waals surface area contributed by atoms with Crippen LogP contribution in [0.3, 0.4) is 0 Å². The lowest BCUT2D eigenvalue weighted by Gasteiger charge is -2.20. The maximum absolute atomic E-state index is 12.2. The van der Waals surface area contributed by atoms with Crippen LogP contribution in [-0.4, -0.2) is 57.6 Å². The zero-order valence-electron chi connectivity index (χ0n) is 11.7. The van der Waals surface area contributed by atoms with E-state index in [1.165, 1.54) is 17.3 Å². The summed E-state index contributed by atoms with van der Waals surface area (Å²) in [5.74, 6) is 0.278. The van der Waals surface area contributed by atoms with Crippen molar-refractivity contribution in [1.82, 2.24) is 20.5 Å². The molecule has 9 nitrogen and oxygen atoms in total. The number of urea groups is 1. The second-order valence-corrected chi connectivity index (χ2v) is 6.11. The van der Waals surface area contributed by atoms with Gasteiger partial charge >= 0.3 is 6.03 Å². The maximum atomic E-state index is 12.2. The molecule has 1 rings (SSSR count). The minimum absolute atomic E-state index is 0.0375. The Morgan fingerprint density at radius 1 is 1.59 bits per heavy atom. The number of anilines is 1. The molecule has 0 aliphatic heterocycles. The summed E-state index contributed by atoms with van der Waals surface area (Å²) in [7, 11) is 0. The highest BCUT2D eigenvalue weighted by atomic mass is 35.5. The first kappa shape index (κ1) is 18.6. The number of carbonyl (C=O) groups is 2. The fraction of sp³-hybridized carbons (Fsp3) is 0.600. The summed E-state index contributed by atoms with van der Waals surface area (Å²) < 4.78 is 0. The Balaban J connectivity index is 2.68. The Kier molecular flexibility index (Phi) is 8.70. The Bertz CT molecular complexity index is 489. The highest BCUT2D eigenvalue weighted by Gasteiger charge is 2.24. The highest BCUT2D eigenvalue weighted by Crippen LogP contribution is 2.10. The Hall–Kier alpha value is -1.46. The van der Waals surface area contributed by atoms with Gasteiger partial charge in [0.05, 0.1) is 11.8 Å². The van der Waals surface area contributed by atoms with E-state index in [0.29, 0.717) is 22.3 Å². The van der Waals surface area contributed by atoms with Crippen molar-refractivity contribution in [2.45, 2.75) is 12.5 Å². The summed E-state index contributed by atoms with van der Waals surface area (Å²) in [4.78, 5) is 34.7. The molecule has 0 aromatic carbocycles. The van der Waals surface area contributed by atoms with Crippen LogP contribution in [0.4, 0.5) is 9.93 Å². The van der Waals surface area contributed by atoms with Crippen molar-refractivity contribution in [2.24, 2.45) is 5.29 Å². The quantitative estimate of drug-likeness (QED) is 0.389. The van der Waals surface area contributed by atoms with Crippen molar-refractivity contribution >= 4 is 51.8 Å². The Morgan fingerprint density at radius 2 is 2.36 bits per heavy atom. The molecular formula is C10H15ClN6O3S2. The lowest BCUT2D eigenvalue weighted by atomic mass is 10.2. The van der Waals surface area contributed by atoms with Crippen molar-refractivity contribution in [2.75, 3.05) is 29.8 Å². The standard InChI is InChI=1S/C10H15ClN6O3S2/c1-21-5-2-7(8(18)14-9-15-12-6-22-9)13-10(19)17(16-20)4-3-11/h6-7H,2-5H2,1H3,(H,13,19)(H,14,15,18)/t7-/m0/s1. The van der Waals surface area contributed by atoms with Gasteiger partial charge < -0.3 is 5.32 Å². The van der Waals surface area contributed by atoms with Crippen LogP contribution in [0.15, 0.2) is 10.8 Å². The van der Waals surface area contributed by atoms with Gasteiger partial charge in [-0.2, -0.15) is 16.8 Å². The number of halogens is 1. The fourth-order valence-electron chi connectivity index (χ4n) is 1.41. The van der Waals surface area contributed by atoms with E-state index in [1.807, 2.05) is 6.26 Å². The summed E-state index contributed by atoms with van der Waals surface area (Å²) in [5, 5.41) is 15.9. The molecule has 1 atom stereocenters. The molecule has 0 bridgehead atoms. The molecule has 22 heavy (non-hydrogen) atoms. The van der Waals surface area contributed by atoms with Crippen LogP contribution < -0.4 is 10.6 Å². The Labute approximate surface area is 140 Å². The van der Waals surface area contributed by atoms with Crippen molar-refractivity contribution in [1.29, 1.82) is 0 Å². The molecule has 1 aromatic rings. The van der Waals surface area contributed by atoms with Crippen molar-refractivity contribution in [3.63, 3.8) is 0 Å². The highest BCUT2D eigenvalue weighted by molar-refractivity contribution is 7.98. The number of nitroso groups, excluding NO2 is 1. The smallest absolute Gasteiger partial charge is 0.325 e. The van der Waals surface area contributed by atoms with Crippen molar-refractivity contribution in [3.05, 3.63) is 10.4 Å². The van der Waals surface area contributed by atoms with Gasteiger partial charge in [-0.15, -0.1) is 26.7 Å². The zero-order valence-corrected chi connectivity index (χ0v) is 14.1. The molecule has 1 aromatic heterocycles. The van der Waals surface area contributed by atoms with E-state index in [1.54, 1.807) is 0 Å². The predicted octanol–water partition coefficient (Wildman–Crippen LogP) is 1.53. The SMILES string of the molecule is CSCC[C@H](NC(=O)N(CCCl)N=O)C(=O)Nc1nncs1. The lowest BCUT2D eigenvalue weighted by molar-refractivity contribution is -0.118. The first-order chi connectivity index (χ1) is 10.6. The second kappa shape index (κ2) is 10.3. The second-order valence-electron chi connectivity index (χ2n) is 3.91. The van der Waals surface area contributed by atoms with Crippen LogP contribution in [0, 0.1) is 4.91 Å². The minimum atomic E-state index is -0.816. The molecule has 0 saturated carbocycles. The van der Waals surface area contributed by atoms with Crippen LogP contribution in [0.5, 0.6) is 0 Å². The van der Waals surface area contributed by atoms with Crippen LogP contribution in [0.1, 0.15) is 6.42 Å². The number of hydrogen-bond donors (Lipinski definition) is 2.